The van der Waals surface area contributed by atoms with Crippen molar-refractivity contribution in [3.63, 3.8) is 0 Å². The molecule has 7 nitrogen and oxygen atoms in total. The molecule has 0 spiro atoms. The predicted octanol–water partition coefficient (Wildman–Crippen LogP) is 5.40. The van der Waals surface area contributed by atoms with Gasteiger partial charge in [0.05, 0.1) is 12.1 Å². The van der Waals surface area contributed by atoms with Gasteiger partial charge in [-0.15, -0.1) is 0 Å². The number of benzene rings is 2. The molecule has 1 aliphatic rings. The molecule has 1 N–H and O–H groups in total. The van der Waals surface area contributed by atoms with Crippen molar-refractivity contribution in [3.8, 4) is 0 Å². The highest BCUT2D eigenvalue weighted by Gasteiger charge is 2.37. The minimum absolute atomic E-state index is 0.00671. The lowest BCUT2D eigenvalue weighted by Gasteiger charge is -2.24. The summed E-state index contributed by atoms with van der Waals surface area (Å²) in [5, 5.41) is 3.35. The lowest BCUT2D eigenvalue weighted by molar-refractivity contribution is 0.177. The lowest BCUT2D eigenvalue weighted by Crippen LogP contribution is -2.37. The highest BCUT2D eigenvalue weighted by atomic mass is 16.6. The van der Waals surface area contributed by atoms with Crippen LogP contribution in [0.4, 0.5) is 27.9 Å². The summed E-state index contributed by atoms with van der Waals surface area (Å²) in [7, 11) is 2.05. The maximum Gasteiger partial charge on any atom is 0.415 e. The van der Waals surface area contributed by atoms with Gasteiger partial charge in [-0.3, -0.25) is 4.90 Å². The van der Waals surface area contributed by atoms with E-state index in [1.165, 1.54) is 0 Å². The molecular weight excluding hydrogens is 402 g/mol. The SMILES string of the molecule is CC(C)[C@H]1COC(=O)N1c1ccnc(N[C@H](C)c2ccc(N(C)c3ccccc3)cc2)n1. The van der Waals surface area contributed by atoms with Gasteiger partial charge < -0.3 is 15.0 Å². The second-order valence-electron chi connectivity index (χ2n) is 8.35. The second kappa shape index (κ2) is 9.26. The fourth-order valence-electron chi connectivity index (χ4n) is 3.81. The van der Waals surface area contributed by atoms with Gasteiger partial charge in [-0.1, -0.05) is 44.2 Å². The van der Waals surface area contributed by atoms with Crippen LogP contribution in [-0.4, -0.2) is 35.8 Å². The fourth-order valence-corrected chi connectivity index (χ4v) is 3.81. The van der Waals surface area contributed by atoms with E-state index in [-0.39, 0.29) is 24.1 Å². The smallest absolute Gasteiger partial charge is 0.415 e. The molecule has 32 heavy (non-hydrogen) atoms. The standard InChI is InChI=1S/C25H29N5O2/c1-17(2)22-16-32-25(31)30(22)23-14-15-26-24(28-23)27-18(3)19-10-12-21(13-11-19)29(4)20-8-6-5-7-9-20/h5-15,17-18,22H,16H2,1-4H3,(H,26,27,28)/t18-,22-/m1/s1. The van der Waals surface area contributed by atoms with Crippen LogP contribution >= 0.6 is 0 Å². The average molecular weight is 432 g/mol. The van der Waals surface area contributed by atoms with Crippen LogP contribution in [0.1, 0.15) is 32.4 Å². The maximum atomic E-state index is 12.3. The summed E-state index contributed by atoms with van der Waals surface area (Å²) in [5.41, 5.74) is 3.36. The number of rotatable bonds is 7. The van der Waals surface area contributed by atoms with E-state index in [1.807, 2.05) is 18.2 Å². The number of nitrogens with zero attached hydrogens (tertiary/aromatic N) is 4. The number of aromatic nitrogens is 2. The average Bonchev–Trinajstić information content (AvgIpc) is 3.21. The van der Waals surface area contributed by atoms with Crippen LogP contribution in [0.5, 0.6) is 0 Å². The number of nitrogens with one attached hydrogen (secondary N) is 1. The first-order valence-corrected chi connectivity index (χ1v) is 10.9. The summed E-state index contributed by atoms with van der Waals surface area (Å²) in [6.07, 6.45) is 1.30. The Labute approximate surface area is 189 Å². The number of para-hydroxylation sites is 1. The van der Waals surface area contributed by atoms with E-state index < -0.39 is 0 Å². The molecule has 4 rings (SSSR count). The zero-order chi connectivity index (χ0) is 22.7. The van der Waals surface area contributed by atoms with Crippen LogP contribution in [0.2, 0.25) is 0 Å². The molecule has 1 aliphatic heterocycles. The molecule has 1 aromatic heterocycles. The van der Waals surface area contributed by atoms with Crippen LogP contribution in [0.25, 0.3) is 0 Å². The minimum atomic E-state index is -0.362. The van der Waals surface area contributed by atoms with Crippen molar-refractivity contribution in [2.45, 2.75) is 32.9 Å². The van der Waals surface area contributed by atoms with E-state index in [2.05, 4.69) is 84.4 Å². The summed E-state index contributed by atoms with van der Waals surface area (Å²) in [5.74, 6) is 1.29. The molecule has 0 saturated carbocycles. The van der Waals surface area contributed by atoms with Crippen molar-refractivity contribution < 1.29 is 9.53 Å². The first-order valence-electron chi connectivity index (χ1n) is 10.9. The van der Waals surface area contributed by atoms with E-state index in [1.54, 1.807) is 17.2 Å². The Morgan fingerprint density at radius 2 is 1.72 bits per heavy atom. The third-order valence-electron chi connectivity index (χ3n) is 5.83. The summed E-state index contributed by atoms with van der Waals surface area (Å²) in [6, 6.07) is 20.4. The number of hydrogen-bond acceptors (Lipinski definition) is 6. The van der Waals surface area contributed by atoms with Crippen molar-refractivity contribution in [2.75, 3.05) is 28.8 Å². The molecule has 1 amide bonds. The number of amides is 1. The fraction of sp³-hybridized carbons (Fsp3) is 0.320. The van der Waals surface area contributed by atoms with E-state index >= 15 is 0 Å². The zero-order valence-electron chi connectivity index (χ0n) is 18.9. The normalized spacial score (nSPS) is 16.7. The molecule has 166 valence electrons. The van der Waals surface area contributed by atoms with Gasteiger partial charge in [0.25, 0.3) is 0 Å². The van der Waals surface area contributed by atoms with Crippen LogP contribution in [0.15, 0.2) is 66.9 Å². The largest absolute Gasteiger partial charge is 0.447 e. The molecule has 2 heterocycles. The Morgan fingerprint density at radius 3 is 2.41 bits per heavy atom. The number of anilines is 4. The van der Waals surface area contributed by atoms with Crippen molar-refractivity contribution in [3.05, 3.63) is 72.4 Å². The van der Waals surface area contributed by atoms with Gasteiger partial charge in [-0.05, 0) is 48.7 Å². The van der Waals surface area contributed by atoms with Crippen molar-refractivity contribution >= 4 is 29.2 Å². The molecule has 3 aromatic rings. The van der Waals surface area contributed by atoms with E-state index in [0.29, 0.717) is 18.4 Å². The van der Waals surface area contributed by atoms with E-state index in [0.717, 1.165) is 16.9 Å². The van der Waals surface area contributed by atoms with Gasteiger partial charge in [0.1, 0.15) is 12.4 Å². The molecule has 0 radical (unpaired) electrons. The number of carbonyl (C=O) groups excluding carboxylic acids is 1. The predicted molar refractivity (Wildman–Crippen MR) is 127 cm³/mol. The third kappa shape index (κ3) is 4.51. The van der Waals surface area contributed by atoms with Gasteiger partial charge in [0.15, 0.2) is 0 Å². The topological polar surface area (TPSA) is 70.6 Å². The third-order valence-corrected chi connectivity index (χ3v) is 5.83. The van der Waals surface area contributed by atoms with Crippen LogP contribution < -0.4 is 15.1 Å². The summed E-state index contributed by atoms with van der Waals surface area (Å²) in [6.45, 7) is 6.58. The maximum absolute atomic E-state index is 12.3. The highest BCUT2D eigenvalue weighted by molar-refractivity contribution is 5.89. The second-order valence-corrected chi connectivity index (χ2v) is 8.35. The molecule has 0 bridgehead atoms. The Bertz CT molecular complexity index is 1060. The monoisotopic (exact) mass is 431 g/mol. The van der Waals surface area contributed by atoms with E-state index in [4.69, 9.17) is 4.74 Å². The zero-order valence-corrected chi connectivity index (χ0v) is 18.9. The lowest BCUT2D eigenvalue weighted by atomic mass is 10.0. The highest BCUT2D eigenvalue weighted by Crippen LogP contribution is 2.28. The Kier molecular flexibility index (Phi) is 6.25. The molecule has 1 fully saturated rings. The number of carbonyl (C=O) groups is 1. The first-order chi connectivity index (χ1) is 15.4. The van der Waals surface area contributed by atoms with Crippen LogP contribution in [0.3, 0.4) is 0 Å². The van der Waals surface area contributed by atoms with Gasteiger partial charge in [0.2, 0.25) is 5.95 Å². The molecule has 2 atom stereocenters. The Hall–Kier alpha value is -3.61. The number of hydrogen-bond donors (Lipinski definition) is 1. The van der Waals surface area contributed by atoms with Gasteiger partial charge in [0, 0.05) is 24.6 Å². The van der Waals surface area contributed by atoms with Gasteiger partial charge in [-0.2, -0.15) is 4.98 Å². The molecule has 7 heteroatoms. The Balaban J connectivity index is 1.47. The van der Waals surface area contributed by atoms with Crippen molar-refractivity contribution in [1.82, 2.24) is 9.97 Å². The van der Waals surface area contributed by atoms with Crippen LogP contribution in [0, 0.1) is 5.92 Å². The van der Waals surface area contributed by atoms with E-state index in [9.17, 15) is 4.79 Å². The quantitative estimate of drug-likeness (QED) is 0.540. The molecule has 2 aromatic carbocycles. The minimum Gasteiger partial charge on any atom is -0.447 e. The van der Waals surface area contributed by atoms with Gasteiger partial charge >= 0.3 is 6.09 Å². The first kappa shape index (κ1) is 21.6. The summed E-state index contributed by atoms with van der Waals surface area (Å²) in [4.78, 5) is 25.0. The van der Waals surface area contributed by atoms with Crippen LogP contribution in [-0.2, 0) is 4.74 Å². The van der Waals surface area contributed by atoms with Crippen molar-refractivity contribution in [2.24, 2.45) is 5.92 Å². The number of cyclic esters (lactones) is 1. The summed E-state index contributed by atoms with van der Waals surface area (Å²) < 4.78 is 5.25. The van der Waals surface area contributed by atoms with Gasteiger partial charge in [-0.25, -0.2) is 9.78 Å². The number of ether oxygens (including phenoxy) is 1. The molecule has 1 saturated heterocycles. The molecule has 0 aliphatic carbocycles. The summed E-state index contributed by atoms with van der Waals surface area (Å²) >= 11 is 0. The Morgan fingerprint density at radius 1 is 1.03 bits per heavy atom. The van der Waals surface area contributed by atoms with Crippen molar-refractivity contribution in [1.29, 1.82) is 0 Å². The molecule has 0 unspecified atom stereocenters. The molecular formula is C25H29N5O2.